The van der Waals surface area contributed by atoms with Crippen LogP contribution in [0.5, 0.6) is 0 Å². The third-order valence-electron chi connectivity index (χ3n) is 10.7. The minimum absolute atomic E-state index is 0.0892. The van der Waals surface area contributed by atoms with Crippen LogP contribution in [0.4, 0.5) is 0 Å². The lowest BCUT2D eigenvalue weighted by molar-refractivity contribution is -0.166. The fourth-order valence-electron chi connectivity index (χ4n) is 7.02. The summed E-state index contributed by atoms with van der Waals surface area (Å²) in [6.45, 7) is 6.58. The topological polar surface area (TPSA) is 78.9 Å². The Kier molecular flexibility index (Phi) is 43.9. The largest absolute Gasteiger partial charge is 0.462 e. The van der Waals surface area contributed by atoms with Crippen LogP contribution >= 0.6 is 0 Å². The van der Waals surface area contributed by atoms with Gasteiger partial charge in [-0.2, -0.15) is 0 Å². The fourth-order valence-corrected chi connectivity index (χ4v) is 7.02. The molecule has 0 heterocycles. The van der Waals surface area contributed by atoms with Crippen LogP contribution in [0.1, 0.15) is 258 Å². The second-order valence-corrected chi connectivity index (χ2v) is 16.4. The molecule has 0 N–H and O–H groups in total. The van der Waals surface area contributed by atoms with Crippen molar-refractivity contribution in [1.82, 2.24) is 0 Å². The predicted molar refractivity (Wildman–Crippen MR) is 238 cm³/mol. The van der Waals surface area contributed by atoms with Crippen LogP contribution in [-0.4, -0.2) is 37.2 Å². The van der Waals surface area contributed by atoms with E-state index in [2.05, 4.69) is 39.0 Å². The summed E-state index contributed by atoms with van der Waals surface area (Å²) in [4.78, 5) is 37.7. The van der Waals surface area contributed by atoms with E-state index in [9.17, 15) is 14.4 Å². The quantitative estimate of drug-likeness (QED) is 0.0265. The van der Waals surface area contributed by atoms with E-state index in [1.54, 1.807) is 0 Å². The maximum atomic E-state index is 12.7. The maximum Gasteiger partial charge on any atom is 0.306 e. The van der Waals surface area contributed by atoms with Crippen LogP contribution in [0.2, 0.25) is 0 Å². The third-order valence-corrected chi connectivity index (χ3v) is 10.7. The molecule has 0 saturated carbocycles. The third kappa shape index (κ3) is 43.0. The van der Waals surface area contributed by atoms with Crippen LogP contribution in [0.25, 0.3) is 0 Å². The van der Waals surface area contributed by atoms with Gasteiger partial charge in [0.25, 0.3) is 0 Å². The molecule has 1 unspecified atom stereocenters. The Morgan fingerprint density at radius 2 is 0.679 bits per heavy atom. The maximum absolute atomic E-state index is 12.7. The van der Waals surface area contributed by atoms with Gasteiger partial charge in [0.2, 0.25) is 0 Å². The summed E-state index contributed by atoms with van der Waals surface area (Å²) in [6.07, 6.45) is 50.3. The highest BCUT2D eigenvalue weighted by atomic mass is 16.6. The van der Waals surface area contributed by atoms with E-state index in [0.717, 1.165) is 51.4 Å². The minimum Gasteiger partial charge on any atom is -0.462 e. The zero-order valence-corrected chi connectivity index (χ0v) is 37.4. The number of esters is 3. The first-order valence-electron chi connectivity index (χ1n) is 24.3. The number of carbonyl (C=O) groups is 3. The zero-order valence-electron chi connectivity index (χ0n) is 37.4. The van der Waals surface area contributed by atoms with E-state index in [1.165, 1.54) is 161 Å². The van der Waals surface area contributed by atoms with Gasteiger partial charge >= 0.3 is 17.9 Å². The summed E-state index contributed by atoms with van der Waals surface area (Å²) < 4.78 is 16.7. The summed E-state index contributed by atoms with van der Waals surface area (Å²) in [5.41, 5.74) is 0. The van der Waals surface area contributed by atoms with Gasteiger partial charge in [0.1, 0.15) is 13.2 Å². The van der Waals surface area contributed by atoms with Crippen LogP contribution < -0.4 is 0 Å². The van der Waals surface area contributed by atoms with Crippen molar-refractivity contribution in [2.45, 2.75) is 264 Å². The number of ether oxygens (including phenoxy) is 3. The van der Waals surface area contributed by atoms with Crippen molar-refractivity contribution in [3.05, 3.63) is 24.3 Å². The second kappa shape index (κ2) is 45.6. The Morgan fingerprint density at radius 3 is 1.05 bits per heavy atom. The number of allylic oxidation sites excluding steroid dienone is 4. The van der Waals surface area contributed by atoms with Crippen molar-refractivity contribution >= 4 is 17.9 Å². The molecule has 0 aromatic rings. The molecule has 0 aliphatic heterocycles. The van der Waals surface area contributed by atoms with Crippen molar-refractivity contribution in [2.75, 3.05) is 13.2 Å². The first kappa shape index (κ1) is 53.9. The molecule has 0 aliphatic rings. The van der Waals surface area contributed by atoms with Gasteiger partial charge < -0.3 is 14.2 Å². The van der Waals surface area contributed by atoms with E-state index in [1.807, 2.05) is 6.08 Å². The average molecular weight is 789 g/mol. The Balaban J connectivity index is 4.38. The van der Waals surface area contributed by atoms with Gasteiger partial charge in [-0.1, -0.05) is 225 Å². The minimum atomic E-state index is -0.793. The smallest absolute Gasteiger partial charge is 0.306 e. The van der Waals surface area contributed by atoms with Gasteiger partial charge in [0.15, 0.2) is 6.10 Å². The molecule has 6 heteroatoms. The number of unbranched alkanes of at least 4 members (excludes halogenated alkanes) is 29. The highest BCUT2D eigenvalue weighted by Gasteiger charge is 2.19. The molecule has 0 aromatic carbocycles. The van der Waals surface area contributed by atoms with Gasteiger partial charge in [-0.05, 0) is 38.5 Å². The molecule has 0 rings (SSSR count). The lowest BCUT2D eigenvalue weighted by atomic mass is 10.0. The number of carbonyl (C=O) groups excluding carboxylic acids is 3. The Hall–Kier alpha value is -2.11. The van der Waals surface area contributed by atoms with Crippen LogP contribution in [0.3, 0.4) is 0 Å². The Labute approximate surface area is 347 Å². The van der Waals surface area contributed by atoms with Crippen LogP contribution in [-0.2, 0) is 28.6 Å². The predicted octanol–water partition coefficient (Wildman–Crippen LogP) is 15.6. The SMILES string of the molecule is CCCCCCCC/C=C\C/C=C\CCC(=O)OC(COC(=O)CCCCCCCCCCCC)COC(=O)CCCCCCCCCCCCCCCCC. The fraction of sp³-hybridized carbons (Fsp3) is 0.860. The Morgan fingerprint density at radius 1 is 0.357 bits per heavy atom. The molecule has 0 bridgehead atoms. The molecule has 0 amide bonds. The zero-order chi connectivity index (χ0) is 40.8. The molecule has 0 radical (unpaired) electrons. The molecule has 0 fully saturated rings. The van der Waals surface area contributed by atoms with Gasteiger partial charge in [0, 0.05) is 19.3 Å². The molecular weight excluding hydrogens is 697 g/mol. The normalized spacial score (nSPS) is 12.1. The molecule has 328 valence electrons. The summed E-state index contributed by atoms with van der Waals surface area (Å²) >= 11 is 0. The lowest BCUT2D eigenvalue weighted by Gasteiger charge is -2.18. The van der Waals surface area contributed by atoms with Gasteiger partial charge in [0.05, 0.1) is 0 Å². The summed E-state index contributed by atoms with van der Waals surface area (Å²) in [5, 5.41) is 0. The summed E-state index contributed by atoms with van der Waals surface area (Å²) in [6, 6.07) is 0. The first-order valence-corrected chi connectivity index (χ1v) is 24.3. The van der Waals surface area contributed by atoms with E-state index in [0.29, 0.717) is 19.3 Å². The Bertz CT molecular complexity index is 911. The number of hydrogen-bond acceptors (Lipinski definition) is 6. The molecule has 0 aliphatic carbocycles. The van der Waals surface area contributed by atoms with E-state index < -0.39 is 6.10 Å². The molecule has 6 nitrogen and oxygen atoms in total. The number of rotatable bonds is 44. The highest BCUT2D eigenvalue weighted by molar-refractivity contribution is 5.71. The van der Waals surface area contributed by atoms with Crippen molar-refractivity contribution in [3.8, 4) is 0 Å². The second-order valence-electron chi connectivity index (χ2n) is 16.4. The lowest BCUT2D eigenvalue weighted by Crippen LogP contribution is -2.30. The molecular formula is C50H92O6. The molecule has 0 saturated heterocycles. The molecule has 0 spiro atoms. The van der Waals surface area contributed by atoms with Crippen molar-refractivity contribution in [3.63, 3.8) is 0 Å². The van der Waals surface area contributed by atoms with E-state index in [4.69, 9.17) is 14.2 Å². The van der Waals surface area contributed by atoms with Crippen molar-refractivity contribution < 1.29 is 28.6 Å². The standard InChI is InChI=1S/C50H92O6/c1-4-7-10-13-16-19-22-24-25-27-28-31-34-37-40-43-49(52)55-46-47(45-54-48(51)42-39-36-33-30-21-18-15-12-9-6-3)56-50(53)44-41-38-35-32-29-26-23-20-17-14-11-8-5-2/h26,29,35,38,47H,4-25,27-28,30-34,36-37,39-46H2,1-3H3/b29-26-,38-35-. The molecule has 56 heavy (non-hydrogen) atoms. The summed E-state index contributed by atoms with van der Waals surface area (Å²) in [7, 11) is 0. The van der Waals surface area contributed by atoms with E-state index in [-0.39, 0.29) is 37.5 Å². The first-order chi connectivity index (χ1) is 27.5. The number of hydrogen-bond donors (Lipinski definition) is 0. The van der Waals surface area contributed by atoms with Gasteiger partial charge in [-0.3, -0.25) is 14.4 Å². The van der Waals surface area contributed by atoms with Crippen molar-refractivity contribution in [2.24, 2.45) is 0 Å². The van der Waals surface area contributed by atoms with E-state index >= 15 is 0 Å². The van der Waals surface area contributed by atoms with Crippen molar-refractivity contribution in [1.29, 1.82) is 0 Å². The highest BCUT2D eigenvalue weighted by Crippen LogP contribution is 2.15. The monoisotopic (exact) mass is 789 g/mol. The molecule has 0 aromatic heterocycles. The summed E-state index contributed by atoms with van der Waals surface area (Å²) in [5.74, 6) is -0.949. The molecule has 1 atom stereocenters. The average Bonchev–Trinajstić information content (AvgIpc) is 3.19. The van der Waals surface area contributed by atoms with Gasteiger partial charge in [-0.15, -0.1) is 0 Å². The van der Waals surface area contributed by atoms with Crippen LogP contribution in [0, 0.1) is 0 Å². The van der Waals surface area contributed by atoms with Crippen LogP contribution in [0.15, 0.2) is 24.3 Å². The van der Waals surface area contributed by atoms with Gasteiger partial charge in [-0.25, -0.2) is 0 Å².